The Bertz CT molecular complexity index is 737. The smallest absolute Gasteiger partial charge is 0.408 e. The minimum Gasteiger partial charge on any atom is -0.408 e. The van der Waals surface area contributed by atoms with Gasteiger partial charge in [0.1, 0.15) is 11.4 Å². The molecule has 1 heterocycles. The number of nitrogens with one attached hydrogen (secondary N) is 1. The zero-order valence-corrected chi connectivity index (χ0v) is 13.5. The van der Waals surface area contributed by atoms with Gasteiger partial charge in [0, 0.05) is 5.69 Å². The van der Waals surface area contributed by atoms with Crippen LogP contribution >= 0.6 is 0 Å². The van der Waals surface area contributed by atoms with Crippen molar-refractivity contribution in [1.29, 1.82) is 0 Å². The van der Waals surface area contributed by atoms with Crippen molar-refractivity contribution in [3.05, 3.63) is 65.1 Å². The van der Waals surface area contributed by atoms with Crippen LogP contribution in [0.3, 0.4) is 0 Å². The molecule has 116 valence electrons. The summed E-state index contributed by atoms with van der Waals surface area (Å²) >= 11 is 0. The van der Waals surface area contributed by atoms with E-state index in [0.717, 1.165) is 11.1 Å². The summed E-state index contributed by atoms with van der Waals surface area (Å²) in [6.45, 7) is 8.00. The first-order chi connectivity index (χ1) is 10.8. The molecule has 0 saturated carbocycles. The molecular weight excluding hydrogens is 276 g/mol. The summed E-state index contributed by atoms with van der Waals surface area (Å²) in [4.78, 5) is 15.2. The van der Waals surface area contributed by atoms with Crippen LogP contribution in [0, 0.1) is 0 Å². The average Bonchev–Trinajstić information content (AvgIpc) is 2.59. The van der Waals surface area contributed by atoms with E-state index in [2.05, 4.69) is 10.3 Å². The number of benzene rings is 2. The molecular formula is C18H22N2O2. The molecule has 3 aromatic rings. The van der Waals surface area contributed by atoms with Gasteiger partial charge in [-0.05, 0) is 24.3 Å². The Morgan fingerprint density at radius 2 is 1.45 bits per heavy atom. The summed E-state index contributed by atoms with van der Waals surface area (Å²) in [5.74, 6) is -0.0971. The van der Waals surface area contributed by atoms with Gasteiger partial charge in [-0.3, -0.25) is 0 Å². The predicted octanol–water partition coefficient (Wildman–Crippen LogP) is 4.98. The maximum Gasteiger partial charge on any atom is 0.441 e. The monoisotopic (exact) mass is 298 g/mol. The Balaban J connectivity index is 0.000000561. The van der Waals surface area contributed by atoms with Crippen LogP contribution in [-0.4, -0.2) is 4.98 Å². The summed E-state index contributed by atoms with van der Waals surface area (Å²) in [7, 11) is 0. The third-order valence-electron chi connectivity index (χ3n) is 2.58. The first-order valence-corrected chi connectivity index (χ1v) is 7.55. The zero-order chi connectivity index (χ0) is 16.4. The molecule has 1 aromatic heterocycles. The SMILES string of the molecule is CC.CC.O=c1nc(Nc2ccccc2)c2ccccc2o1. The van der Waals surface area contributed by atoms with Crippen LogP contribution < -0.4 is 11.1 Å². The second kappa shape index (κ2) is 9.34. The van der Waals surface area contributed by atoms with E-state index in [0.29, 0.717) is 11.4 Å². The van der Waals surface area contributed by atoms with Gasteiger partial charge in [-0.2, -0.15) is 4.98 Å². The fourth-order valence-electron chi connectivity index (χ4n) is 1.77. The highest BCUT2D eigenvalue weighted by Crippen LogP contribution is 2.22. The standard InChI is InChI=1S/C14H10N2O2.2C2H6/c17-14-16-13(15-10-6-2-1-3-7-10)11-8-4-5-9-12(11)18-14;2*1-2/h1-9H,(H,15,16,17);2*1-2H3. The normalized spacial score (nSPS) is 9.09. The molecule has 1 N–H and O–H groups in total. The van der Waals surface area contributed by atoms with Crippen molar-refractivity contribution in [1.82, 2.24) is 4.98 Å². The van der Waals surface area contributed by atoms with Crippen molar-refractivity contribution in [2.45, 2.75) is 27.7 Å². The highest BCUT2D eigenvalue weighted by molar-refractivity contribution is 5.89. The fraction of sp³-hybridized carbons (Fsp3) is 0.222. The van der Waals surface area contributed by atoms with Gasteiger partial charge in [-0.15, -0.1) is 0 Å². The minimum atomic E-state index is -0.605. The summed E-state index contributed by atoms with van der Waals surface area (Å²) in [6.07, 6.45) is 0. The van der Waals surface area contributed by atoms with Gasteiger partial charge in [0.15, 0.2) is 0 Å². The Labute approximate surface area is 130 Å². The van der Waals surface area contributed by atoms with E-state index in [4.69, 9.17) is 4.42 Å². The maximum absolute atomic E-state index is 11.4. The lowest BCUT2D eigenvalue weighted by Crippen LogP contribution is -2.07. The molecule has 4 heteroatoms. The molecule has 0 radical (unpaired) electrons. The van der Waals surface area contributed by atoms with Crippen molar-refractivity contribution < 1.29 is 4.42 Å². The van der Waals surface area contributed by atoms with E-state index in [1.54, 1.807) is 6.07 Å². The van der Waals surface area contributed by atoms with Crippen molar-refractivity contribution in [3.63, 3.8) is 0 Å². The molecule has 0 atom stereocenters. The summed E-state index contributed by atoms with van der Waals surface area (Å²) in [5.41, 5.74) is 1.40. The molecule has 0 amide bonds. The molecule has 0 fully saturated rings. The van der Waals surface area contributed by atoms with E-state index in [9.17, 15) is 4.79 Å². The molecule has 0 aliphatic heterocycles. The van der Waals surface area contributed by atoms with Crippen LogP contribution in [0.25, 0.3) is 11.0 Å². The Hall–Kier alpha value is -2.62. The van der Waals surface area contributed by atoms with Crippen molar-refractivity contribution in [2.75, 3.05) is 5.32 Å². The van der Waals surface area contributed by atoms with Crippen molar-refractivity contribution >= 4 is 22.5 Å². The lowest BCUT2D eigenvalue weighted by Gasteiger charge is -2.06. The number of aromatic nitrogens is 1. The lowest BCUT2D eigenvalue weighted by atomic mass is 10.2. The van der Waals surface area contributed by atoms with Crippen LogP contribution in [0.1, 0.15) is 27.7 Å². The van der Waals surface area contributed by atoms with Crippen LogP contribution in [0.4, 0.5) is 11.5 Å². The third kappa shape index (κ3) is 4.45. The number of nitrogens with zero attached hydrogens (tertiary/aromatic N) is 1. The Morgan fingerprint density at radius 1 is 0.864 bits per heavy atom. The predicted molar refractivity (Wildman–Crippen MR) is 92.7 cm³/mol. The van der Waals surface area contributed by atoms with Gasteiger partial charge in [0.25, 0.3) is 0 Å². The lowest BCUT2D eigenvalue weighted by molar-refractivity contribution is 0.533. The number of anilines is 2. The number of hydrogen-bond acceptors (Lipinski definition) is 4. The van der Waals surface area contributed by atoms with Gasteiger partial charge in [-0.1, -0.05) is 58.0 Å². The molecule has 0 aliphatic rings. The van der Waals surface area contributed by atoms with Gasteiger partial charge in [0.2, 0.25) is 0 Å². The van der Waals surface area contributed by atoms with Crippen molar-refractivity contribution in [3.8, 4) is 0 Å². The average molecular weight is 298 g/mol. The summed E-state index contributed by atoms with van der Waals surface area (Å²) in [6, 6.07) is 16.9. The van der Waals surface area contributed by atoms with E-state index < -0.39 is 5.76 Å². The Kier molecular flexibility index (Phi) is 7.40. The highest BCUT2D eigenvalue weighted by atomic mass is 16.4. The summed E-state index contributed by atoms with van der Waals surface area (Å²) < 4.78 is 5.03. The number of fused-ring (bicyclic) bond motifs is 1. The van der Waals surface area contributed by atoms with Crippen LogP contribution in [0.5, 0.6) is 0 Å². The molecule has 0 unspecified atom stereocenters. The fourth-order valence-corrected chi connectivity index (χ4v) is 1.77. The van der Waals surface area contributed by atoms with Gasteiger partial charge < -0.3 is 9.73 Å². The number of rotatable bonds is 2. The van der Waals surface area contributed by atoms with Gasteiger partial charge in [0.05, 0.1) is 5.39 Å². The first kappa shape index (κ1) is 17.4. The van der Waals surface area contributed by atoms with Crippen LogP contribution in [0.15, 0.2) is 63.8 Å². The zero-order valence-electron chi connectivity index (χ0n) is 13.5. The largest absolute Gasteiger partial charge is 0.441 e. The second-order valence-electron chi connectivity index (χ2n) is 3.82. The number of hydrogen-bond donors (Lipinski definition) is 1. The van der Waals surface area contributed by atoms with Gasteiger partial charge >= 0.3 is 5.76 Å². The Morgan fingerprint density at radius 3 is 2.14 bits per heavy atom. The van der Waals surface area contributed by atoms with Crippen molar-refractivity contribution in [2.24, 2.45) is 0 Å². The van der Waals surface area contributed by atoms with Gasteiger partial charge in [-0.25, -0.2) is 4.79 Å². The summed E-state index contributed by atoms with van der Waals surface area (Å²) in [5, 5.41) is 3.90. The minimum absolute atomic E-state index is 0.507. The van der Waals surface area contributed by atoms with Crippen LogP contribution in [0.2, 0.25) is 0 Å². The highest BCUT2D eigenvalue weighted by Gasteiger charge is 2.06. The first-order valence-electron chi connectivity index (χ1n) is 7.55. The molecule has 2 aromatic carbocycles. The second-order valence-corrected chi connectivity index (χ2v) is 3.82. The molecule has 3 rings (SSSR count). The van der Waals surface area contributed by atoms with E-state index in [1.165, 1.54) is 0 Å². The molecule has 0 saturated heterocycles. The molecule has 0 spiro atoms. The van der Waals surface area contributed by atoms with E-state index in [-0.39, 0.29) is 0 Å². The molecule has 22 heavy (non-hydrogen) atoms. The molecule has 4 nitrogen and oxygen atoms in total. The molecule has 0 aliphatic carbocycles. The van der Waals surface area contributed by atoms with E-state index >= 15 is 0 Å². The van der Waals surface area contributed by atoms with Crippen LogP contribution in [-0.2, 0) is 0 Å². The third-order valence-corrected chi connectivity index (χ3v) is 2.58. The number of para-hydroxylation sites is 2. The quantitative estimate of drug-likeness (QED) is 0.724. The molecule has 0 bridgehead atoms. The topological polar surface area (TPSA) is 55.1 Å². The maximum atomic E-state index is 11.4. The van der Waals surface area contributed by atoms with E-state index in [1.807, 2.05) is 76.2 Å².